The summed E-state index contributed by atoms with van der Waals surface area (Å²) in [4.78, 5) is 42.3. The van der Waals surface area contributed by atoms with Crippen molar-refractivity contribution in [2.24, 2.45) is 0 Å². The van der Waals surface area contributed by atoms with E-state index in [1.807, 2.05) is 61.5 Å². The molecule has 8 heteroatoms. The minimum atomic E-state index is -0.465. The Balaban J connectivity index is 1.40. The average molecular weight is 492 g/mol. The molecule has 3 aromatic rings. The highest BCUT2D eigenvalue weighted by molar-refractivity contribution is 7.17. The van der Waals surface area contributed by atoms with Crippen molar-refractivity contribution in [3.8, 4) is 11.1 Å². The molecule has 35 heavy (non-hydrogen) atoms. The van der Waals surface area contributed by atoms with Crippen LogP contribution in [-0.4, -0.2) is 62.4 Å². The zero-order valence-electron chi connectivity index (χ0n) is 20.2. The summed E-state index contributed by atoms with van der Waals surface area (Å²) in [6.45, 7) is 6.81. The molecule has 0 atom stereocenters. The highest BCUT2D eigenvalue weighted by atomic mass is 32.1. The lowest BCUT2D eigenvalue weighted by molar-refractivity contribution is -0.117. The van der Waals surface area contributed by atoms with Gasteiger partial charge in [0.2, 0.25) is 5.91 Å². The third-order valence-corrected chi connectivity index (χ3v) is 7.19. The molecule has 182 valence electrons. The number of nitrogens with one attached hydrogen (secondary N) is 1. The molecule has 0 saturated carbocycles. The fraction of sp³-hybridized carbons (Fsp3) is 0.296. The van der Waals surface area contributed by atoms with Gasteiger partial charge in [0.1, 0.15) is 10.6 Å². The van der Waals surface area contributed by atoms with E-state index in [1.54, 1.807) is 6.92 Å². The summed E-state index contributed by atoms with van der Waals surface area (Å²) in [6.07, 6.45) is 0. The zero-order chi connectivity index (χ0) is 24.9. The van der Waals surface area contributed by atoms with Gasteiger partial charge in [0, 0.05) is 47.9 Å². The second-order valence-corrected chi connectivity index (χ2v) is 9.73. The number of hydrogen-bond acceptors (Lipinski definition) is 7. The lowest BCUT2D eigenvalue weighted by Crippen LogP contribution is -2.48. The van der Waals surface area contributed by atoms with E-state index < -0.39 is 5.97 Å². The number of benzene rings is 2. The number of rotatable bonds is 7. The molecule has 7 nitrogen and oxygen atoms in total. The fourth-order valence-corrected chi connectivity index (χ4v) is 5.40. The van der Waals surface area contributed by atoms with Gasteiger partial charge in [-0.15, -0.1) is 11.3 Å². The van der Waals surface area contributed by atoms with Gasteiger partial charge in [0.15, 0.2) is 5.78 Å². The number of piperazine rings is 1. The van der Waals surface area contributed by atoms with Crippen LogP contribution in [0.1, 0.15) is 32.5 Å². The number of thiophene rings is 1. The standard InChI is InChI=1S/C27H29N3O4S/c1-18(31)20-9-11-22(12-10-20)30-15-13-29(14-16-30)17-23(32)28-26-25(27(33)34-3)24(19(2)35-26)21-7-5-4-6-8-21/h4-12H,13-17H2,1-3H3,(H,28,32). The van der Waals surface area contributed by atoms with Crippen molar-refractivity contribution in [3.05, 3.63) is 70.6 Å². The molecule has 0 bridgehead atoms. The molecule has 0 aliphatic carbocycles. The summed E-state index contributed by atoms with van der Waals surface area (Å²) < 4.78 is 5.04. The number of anilines is 2. The SMILES string of the molecule is COC(=O)c1c(NC(=O)CN2CCN(c3ccc(C(C)=O)cc3)CC2)sc(C)c1-c1ccccc1. The molecular weight excluding hydrogens is 462 g/mol. The van der Waals surface area contributed by atoms with E-state index in [9.17, 15) is 14.4 Å². The third-order valence-electron chi connectivity index (χ3n) is 6.17. The van der Waals surface area contributed by atoms with Crippen molar-refractivity contribution in [3.63, 3.8) is 0 Å². The number of aryl methyl sites for hydroxylation is 1. The first kappa shape index (κ1) is 24.6. The van der Waals surface area contributed by atoms with Crippen LogP contribution in [0.3, 0.4) is 0 Å². The molecule has 1 N–H and O–H groups in total. The summed E-state index contributed by atoms with van der Waals surface area (Å²) in [7, 11) is 1.35. The monoisotopic (exact) mass is 491 g/mol. The maximum Gasteiger partial charge on any atom is 0.341 e. The number of ketones is 1. The molecular formula is C27H29N3O4S. The van der Waals surface area contributed by atoms with Crippen LogP contribution in [0.2, 0.25) is 0 Å². The average Bonchev–Trinajstić information content (AvgIpc) is 3.19. The summed E-state index contributed by atoms with van der Waals surface area (Å²) in [5, 5.41) is 3.47. The summed E-state index contributed by atoms with van der Waals surface area (Å²) >= 11 is 1.39. The van der Waals surface area contributed by atoms with E-state index in [0.29, 0.717) is 16.1 Å². The molecule has 1 amide bonds. The molecule has 2 heterocycles. The number of methoxy groups -OCH3 is 1. The van der Waals surface area contributed by atoms with E-state index >= 15 is 0 Å². The van der Waals surface area contributed by atoms with Crippen LogP contribution in [0.15, 0.2) is 54.6 Å². The third kappa shape index (κ3) is 5.61. The van der Waals surface area contributed by atoms with Gasteiger partial charge in [-0.3, -0.25) is 14.5 Å². The maximum absolute atomic E-state index is 12.9. The van der Waals surface area contributed by atoms with Gasteiger partial charge >= 0.3 is 5.97 Å². The van der Waals surface area contributed by atoms with Gasteiger partial charge < -0.3 is 15.0 Å². The Bertz CT molecular complexity index is 1210. The number of carbonyl (C=O) groups is 3. The molecule has 1 aliphatic rings. The number of carbonyl (C=O) groups excluding carboxylic acids is 3. The molecule has 1 aliphatic heterocycles. The van der Waals surface area contributed by atoms with Gasteiger partial charge in [-0.2, -0.15) is 0 Å². The Labute approximate surface area is 209 Å². The lowest BCUT2D eigenvalue weighted by Gasteiger charge is -2.35. The number of esters is 1. The molecule has 0 spiro atoms. The van der Waals surface area contributed by atoms with E-state index in [2.05, 4.69) is 15.1 Å². The predicted octanol–water partition coefficient (Wildman–Crippen LogP) is 4.47. The van der Waals surface area contributed by atoms with Crippen molar-refractivity contribution in [2.75, 3.05) is 50.1 Å². The van der Waals surface area contributed by atoms with Gasteiger partial charge in [-0.05, 0) is 43.7 Å². The smallest absolute Gasteiger partial charge is 0.341 e. The number of Topliss-reactive ketones (excluding diaryl/α,β-unsaturated/α-hetero) is 1. The molecule has 1 fully saturated rings. The Morgan fingerprint density at radius 3 is 2.23 bits per heavy atom. The van der Waals surface area contributed by atoms with Crippen LogP contribution in [0, 0.1) is 6.92 Å². The molecule has 4 rings (SSSR count). The van der Waals surface area contributed by atoms with E-state index in [4.69, 9.17) is 4.74 Å². The summed E-state index contributed by atoms with van der Waals surface area (Å²) in [6, 6.07) is 17.3. The van der Waals surface area contributed by atoms with Crippen LogP contribution in [0.4, 0.5) is 10.7 Å². The van der Waals surface area contributed by atoms with Gasteiger partial charge in [0.05, 0.1) is 13.7 Å². The highest BCUT2D eigenvalue weighted by Crippen LogP contribution is 2.40. The molecule has 1 aromatic heterocycles. The first-order valence-corrected chi connectivity index (χ1v) is 12.3. The second kappa shape index (κ2) is 10.8. The van der Waals surface area contributed by atoms with Gasteiger partial charge in [0.25, 0.3) is 0 Å². The quantitative estimate of drug-likeness (QED) is 0.388. The second-order valence-electron chi connectivity index (χ2n) is 8.51. The fourth-order valence-electron chi connectivity index (χ4n) is 4.32. The van der Waals surface area contributed by atoms with Crippen molar-refractivity contribution < 1.29 is 19.1 Å². The zero-order valence-corrected chi connectivity index (χ0v) is 21.0. The van der Waals surface area contributed by atoms with Crippen molar-refractivity contribution in [2.45, 2.75) is 13.8 Å². The Kier molecular flexibility index (Phi) is 7.63. The Hall–Kier alpha value is -3.49. The van der Waals surface area contributed by atoms with Crippen molar-refractivity contribution in [1.29, 1.82) is 0 Å². The summed E-state index contributed by atoms with van der Waals surface area (Å²) in [5.74, 6) is -0.567. The predicted molar refractivity (Wildman–Crippen MR) is 140 cm³/mol. The number of nitrogens with zero attached hydrogens (tertiary/aromatic N) is 2. The largest absolute Gasteiger partial charge is 0.465 e. The maximum atomic E-state index is 12.9. The first-order valence-electron chi connectivity index (χ1n) is 11.5. The van der Waals surface area contributed by atoms with Crippen LogP contribution in [0.5, 0.6) is 0 Å². The number of amides is 1. The molecule has 0 unspecified atom stereocenters. The van der Waals surface area contributed by atoms with E-state index in [0.717, 1.165) is 47.9 Å². The Morgan fingerprint density at radius 1 is 0.971 bits per heavy atom. The molecule has 1 saturated heterocycles. The summed E-state index contributed by atoms with van der Waals surface area (Å²) in [5.41, 5.74) is 3.88. The van der Waals surface area contributed by atoms with Gasteiger partial charge in [-0.1, -0.05) is 30.3 Å². The lowest BCUT2D eigenvalue weighted by atomic mass is 10.0. The first-order chi connectivity index (χ1) is 16.9. The van der Waals surface area contributed by atoms with Crippen molar-refractivity contribution >= 4 is 39.7 Å². The Morgan fingerprint density at radius 2 is 1.63 bits per heavy atom. The highest BCUT2D eigenvalue weighted by Gasteiger charge is 2.26. The number of ether oxygens (including phenoxy) is 1. The van der Waals surface area contributed by atoms with Crippen LogP contribution in [-0.2, 0) is 9.53 Å². The number of hydrogen-bond donors (Lipinski definition) is 1. The minimum absolute atomic E-state index is 0.0552. The van der Waals surface area contributed by atoms with Crippen molar-refractivity contribution in [1.82, 2.24) is 4.90 Å². The van der Waals surface area contributed by atoms with Gasteiger partial charge in [-0.25, -0.2) is 4.79 Å². The van der Waals surface area contributed by atoms with Crippen LogP contribution < -0.4 is 10.2 Å². The minimum Gasteiger partial charge on any atom is -0.465 e. The molecule has 0 radical (unpaired) electrons. The van der Waals surface area contributed by atoms with E-state index in [-0.39, 0.29) is 18.2 Å². The normalized spacial score (nSPS) is 14.0. The van der Waals surface area contributed by atoms with Crippen LogP contribution >= 0.6 is 11.3 Å². The van der Waals surface area contributed by atoms with E-state index in [1.165, 1.54) is 18.4 Å². The molecule has 2 aromatic carbocycles. The topological polar surface area (TPSA) is 79.0 Å². The van der Waals surface area contributed by atoms with Crippen LogP contribution in [0.25, 0.3) is 11.1 Å².